The molecule has 0 unspecified atom stereocenters. The molecule has 3 aliphatic rings. The van der Waals surface area contributed by atoms with E-state index in [1.807, 2.05) is 105 Å². The van der Waals surface area contributed by atoms with Crippen LogP contribution in [0.25, 0.3) is 0 Å². The molecule has 0 fully saturated rings. The molecule has 18 heteroatoms. The lowest BCUT2D eigenvalue weighted by molar-refractivity contribution is -0.437. The van der Waals surface area contributed by atoms with Crippen molar-refractivity contribution in [2.45, 2.75) is 93.4 Å². The molecular weight excluding hydrogens is 977 g/mol. The van der Waals surface area contributed by atoms with Crippen molar-refractivity contribution < 1.29 is 53.1 Å². The average molecular weight is 1040 g/mol. The Hall–Kier alpha value is -6.46. The predicted octanol–water partition coefficient (Wildman–Crippen LogP) is 7.86. The number of para-hydroxylation sites is 1. The highest BCUT2D eigenvalue weighted by Gasteiger charge is 2.45. The van der Waals surface area contributed by atoms with E-state index < -0.39 is 46.9 Å². The van der Waals surface area contributed by atoms with Crippen LogP contribution in [0.4, 0.5) is 17.1 Å². The van der Waals surface area contributed by atoms with Crippen molar-refractivity contribution in [1.29, 1.82) is 0 Å². The van der Waals surface area contributed by atoms with Crippen molar-refractivity contribution >= 4 is 64.9 Å². The summed E-state index contributed by atoms with van der Waals surface area (Å²) in [7, 11) is -13.4. The molecule has 0 atom stereocenters. The summed E-state index contributed by atoms with van der Waals surface area (Å²) in [5, 5.41) is 2.91. The summed E-state index contributed by atoms with van der Waals surface area (Å²) in [6, 6.07) is 24.1. The fourth-order valence-corrected chi connectivity index (χ4v) is 11.0. The van der Waals surface area contributed by atoms with Gasteiger partial charge in [-0.15, -0.1) is 0 Å². The first-order valence-corrected chi connectivity index (χ1v) is 28.0. The maximum atomic E-state index is 13.6. The third kappa shape index (κ3) is 12.4. The minimum absolute atomic E-state index is 0.0334. The zero-order valence-electron chi connectivity index (χ0n) is 40.5. The Bertz CT molecular complexity index is 3360. The van der Waals surface area contributed by atoms with Gasteiger partial charge < -0.3 is 19.7 Å². The van der Waals surface area contributed by atoms with E-state index in [1.165, 1.54) is 24.3 Å². The number of nitrogens with zero attached hydrogens (tertiary/aromatic N) is 3. The molecule has 3 aliphatic heterocycles. The fourth-order valence-electron chi connectivity index (χ4n) is 9.47. The molecule has 0 spiro atoms. The van der Waals surface area contributed by atoms with Gasteiger partial charge in [0.15, 0.2) is 5.71 Å². The highest BCUT2D eigenvalue weighted by molar-refractivity contribution is 7.86. The van der Waals surface area contributed by atoms with Gasteiger partial charge in [0.05, 0.1) is 37.6 Å². The molecule has 3 heterocycles. The number of carbonyl (C=O) groups is 2. The van der Waals surface area contributed by atoms with Crippen molar-refractivity contribution in [2.75, 3.05) is 35.2 Å². The SMILES string of the molecule is CC1(C)C(/C=C/C=C/C=C/C=C2\N(CCCCCC(=O)NCCC(=O)N3Cc4ccccc4C#Cc4ccccc43)c3ccc(S(=O)(=O)O)cc3C2(C)C)=[N+](CCCS(=O)(=O)[O-])c2ccc(S(=O)(=O)O)cc21. The molecule has 0 radical (unpaired) electrons. The van der Waals surface area contributed by atoms with E-state index in [-0.39, 0.29) is 54.0 Å². The average Bonchev–Trinajstić information content (AvgIpc) is 3.65. The second-order valence-electron chi connectivity index (χ2n) is 18.9. The van der Waals surface area contributed by atoms with Gasteiger partial charge in [0, 0.05) is 83.7 Å². The largest absolute Gasteiger partial charge is 0.748 e. The molecule has 0 aromatic heterocycles. The molecule has 4 aromatic carbocycles. The van der Waals surface area contributed by atoms with Gasteiger partial charge in [-0.05, 0) is 92.4 Å². The first-order chi connectivity index (χ1) is 34.0. The molecule has 4 aromatic rings. The molecule has 7 rings (SSSR count). The van der Waals surface area contributed by atoms with Gasteiger partial charge in [-0.1, -0.05) is 92.8 Å². The molecule has 2 amide bonds. The lowest BCUT2D eigenvalue weighted by Gasteiger charge is -2.27. The Labute approximate surface area is 422 Å². The van der Waals surface area contributed by atoms with Gasteiger partial charge in [0.25, 0.3) is 20.2 Å². The van der Waals surface area contributed by atoms with E-state index in [0.717, 1.165) is 45.0 Å². The van der Waals surface area contributed by atoms with Gasteiger partial charge >= 0.3 is 0 Å². The van der Waals surface area contributed by atoms with Gasteiger partial charge in [0.2, 0.25) is 17.5 Å². The van der Waals surface area contributed by atoms with Gasteiger partial charge in [-0.2, -0.15) is 21.4 Å². The smallest absolute Gasteiger partial charge is 0.294 e. The Morgan fingerprint density at radius 1 is 0.722 bits per heavy atom. The van der Waals surface area contributed by atoms with Crippen molar-refractivity contribution in [2.24, 2.45) is 0 Å². The zero-order chi connectivity index (χ0) is 52.1. The summed E-state index contributed by atoms with van der Waals surface area (Å²) in [6.45, 7) is 8.99. The molecule has 72 heavy (non-hydrogen) atoms. The van der Waals surface area contributed by atoms with Gasteiger partial charge in [-0.25, -0.2) is 8.42 Å². The number of allylic oxidation sites excluding steroid dienone is 8. The van der Waals surface area contributed by atoms with Crippen LogP contribution < -0.4 is 15.1 Å². The van der Waals surface area contributed by atoms with Crippen LogP contribution in [0.15, 0.2) is 143 Å². The highest BCUT2D eigenvalue weighted by Crippen LogP contribution is 2.49. The van der Waals surface area contributed by atoms with Crippen LogP contribution in [-0.2, 0) is 57.3 Å². The summed E-state index contributed by atoms with van der Waals surface area (Å²) in [6.07, 6.45) is 15.3. The molecule has 3 N–H and O–H groups in total. The first-order valence-electron chi connectivity index (χ1n) is 23.5. The van der Waals surface area contributed by atoms with E-state index in [4.69, 9.17) is 0 Å². The standard InChI is InChI=1S/C54H58N4O11S3/c1-53(2)44-36-42(71(64,65)66)27-29-47(44)56(33-16-8-11-24-51(59)55-32-31-52(60)58-38-41-20-13-12-18-39(41)25-26-40-19-14-15-21-46(40)58)49(53)22-9-6-5-7-10-23-50-54(3,4)45-37-43(72(67,68)69)28-30-48(45)57(50)34-17-35-70(61,62)63/h5-7,9-10,12-15,18-23,27-30,36-37H,8,11,16-17,24,31-35,38H2,1-4H3,(H3-,55,59,61,62,63,64,65,66,67,68,69). The zero-order valence-corrected chi connectivity index (χ0v) is 43.0. The third-order valence-electron chi connectivity index (χ3n) is 13.2. The molecular formula is C54H58N4O11S3. The summed E-state index contributed by atoms with van der Waals surface area (Å²) < 4.78 is 104. The monoisotopic (exact) mass is 1030 g/mol. The summed E-state index contributed by atoms with van der Waals surface area (Å²) in [5.74, 6) is 5.57. The van der Waals surface area contributed by atoms with E-state index in [0.29, 0.717) is 43.6 Å². The number of amides is 2. The molecule has 0 aliphatic carbocycles. The Kier molecular flexibility index (Phi) is 16.1. The second kappa shape index (κ2) is 21.7. The lowest BCUT2D eigenvalue weighted by atomic mass is 9.81. The maximum absolute atomic E-state index is 13.6. The van der Waals surface area contributed by atoms with Gasteiger partial charge in [-0.3, -0.25) is 18.7 Å². The van der Waals surface area contributed by atoms with E-state index >= 15 is 0 Å². The minimum Gasteiger partial charge on any atom is -0.748 e. The van der Waals surface area contributed by atoms with Crippen LogP contribution >= 0.6 is 0 Å². The molecule has 15 nitrogen and oxygen atoms in total. The summed E-state index contributed by atoms with van der Waals surface area (Å²) in [4.78, 5) is 29.9. The van der Waals surface area contributed by atoms with Crippen LogP contribution in [-0.4, -0.2) is 86.4 Å². The van der Waals surface area contributed by atoms with Crippen molar-refractivity contribution in [3.63, 3.8) is 0 Å². The van der Waals surface area contributed by atoms with E-state index in [2.05, 4.69) is 22.1 Å². The van der Waals surface area contributed by atoms with Crippen LogP contribution in [0.2, 0.25) is 0 Å². The highest BCUT2D eigenvalue weighted by atomic mass is 32.2. The maximum Gasteiger partial charge on any atom is 0.294 e. The quantitative estimate of drug-likeness (QED) is 0.0269. The van der Waals surface area contributed by atoms with Gasteiger partial charge in [0.1, 0.15) is 6.54 Å². The number of carbonyl (C=O) groups excluding carboxylic acids is 2. The molecule has 0 saturated carbocycles. The summed E-state index contributed by atoms with van der Waals surface area (Å²) >= 11 is 0. The molecule has 0 bridgehead atoms. The van der Waals surface area contributed by atoms with Crippen molar-refractivity contribution in [3.05, 3.63) is 161 Å². The Morgan fingerprint density at radius 3 is 2.08 bits per heavy atom. The number of fused-ring (bicyclic) bond motifs is 4. The number of rotatable bonds is 19. The number of hydrogen-bond acceptors (Lipinski definition) is 10. The normalized spacial score (nSPS) is 16.6. The first kappa shape index (κ1) is 53.3. The topological polar surface area (TPSA) is 222 Å². The third-order valence-corrected chi connectivity index (χ3v) is 15.7. The Morgan fingerprint density at radius 2 is 1.36 bits per heavy atom. The lowest BCUT2D eigenvalue weighted by Crippen LogP contribution is -2.35. The molecule has 378 valence electrons. The number of hydrogen-bond donors (Lipinski definition) is 3. The van der Waals surface area contributed by atoms with E-state index in [1.54, 1.807) is 35.3 Å². The van der Waals surface area contributed by atoms with Crippen molar-refractivity contribution in [3.8, 4) is 11.8 Å². The number of nitrogens with one attached hydrogen (secondary N) is 1. The van der Waals surface area contributed by atoms with Crippen molar-refractivity contribution in [1.82, 2.24) is 5.32 Å². The van der Waals surface area contributed by atoms with Crippen LogP contribution in [0.5, 0.6) is 0 Å². The molecule has 0 saturated heterocycles. The van der Waals surface area contributed by atoms with Crippen LogP contribution in [0, 0.1) is 11.8 Å². The minimum atomic E-state index is -4.50. The predicted molar refractivity (Wildman–Crippen MR) is 277 cm³/mol. The number of benzene rings is 4. The number of anilines is 2. The second-order valence-corrected chi connectivity index (χ2v) is 23.2. The van der Waals surface area contributed by atoms with Crippen LogP contribution in [0.1, 0.15) is 94.0 Å². The van der Waals surface area contributed by atoms with Crippen LogP contribution in [0.3, 0.4) is 0 Å². The number of unbranched alkanes of at least 4 members (excludes halogenated alkanes) is 2. The summed E-state index contributed by atoms with van der Waals surface area (Å²) in [5.41, 5.74) is 6.22. The van der Waals surface area contributed by atoms with E-state index in [9.17, 15) is 48.5 Å². The Balaban J connectivity index is 0.983. The fraction of sp³-hybridized carbons (Fsp3) is 0.315.